The lowest BCUT2D eigenvalue weighted by Crippen LogP contribution is -2.53. The SMILES string of the molecule is CCOP(=O)(OCC)[C@H](N(O[C@H](C)c1ccccc1)C(C)(C)C)C(C)(C)C. The Morgan fingerprint density at radius 3 is 1.81 bits per heavy atom. The second-order valence-electron chi connectivity index (χ2n) is 8.77. The zero-order valence-corrected chi connectivity index (χ0v) is 19.4. The highest BCUT2D eigenvalue weighted by molar-refractivity contribution is 7.54. The molecule has 0 N–H and O–H groups in total. The van der Waals surface area contributed by atoms with Crippen molar-refractivity contribution in [3.05, 3.63) is 35.9 Å². The normalized spacial score (nSPS) is 15.8. The van der Waals surface area contributed by atoms with E-state index in [1.165, 1.54) is 0 Å². The summed E-state index contributed by atoms with van der Waals surface area (Å²) in [5.74, 6) is -0.559. The highest BCUT2D eigenvalue weighted by Crippen LogP contribution is 2.61. The van der Waals surface area contributed by atoms with Gasteiger partial charge < -0.3 is 9.05 Å². The van der Waals surface area contributed by atoms with E-state index in [-0.39, 0.29) is 6.10 Å². The zero-order valence-electron chi connectivity index (χ0n) is 18.5. The number of nitrogens with zero attached hydrogens (tertiary/aromatic N) is 1. The third-order valence-corrected chi connectivity index (χ3v) is 6.94. The lowest BCUT2D eigenvalue weighted by molar-refractivity contribution is -0.264. The first kappa shape index (κ1) is 24.3. The van der Waals surface area contributed by atoms with Crippen LogP contribution < -0.4 is 0 Å². The lowest BCUT2D eigenvalue weighted by atomic mass is 9.94. The number of benzene rings is 1. The summed E-state index contributed by atoms with van der Waals surface area (Å²) in [5.41, 5.74) is 0.246. The average molecular weight is 400 g/mol. The van der Waals surface area contributed by atoms with Crippen LogP contribution in [0.4, 0.5) is 0 Å². The standard InChI is InChI=1S/C21H38NO4P/c1-10-24-27(23,25-11-2)19(20(4,5)6)22(21(7,8)9)26-17(3)18-15-13-12-14-16-18/h12-17,19H,10-11H2,1-9H3/t17-,19+/m1/s1. The summed E-state index contributed by atoms with van der Waals surface area (Å²) in [6.07, 6.45) is -0.202. The number of hydroxylamine groups is 2. The van der Waals surface area contributed by atoms with Crippen molar-refractivity contribution in [2.75, 3.05) is 13.2 Å². The summed E-state index contributed by atoms with van der Waals surface area (Å²) < 4.78 is 25.3. The molecule has 0 spiro atoms. The Morgan fingerprint density at radius 2 is 1.44 bits per heavy atom. The molecule has 0 saturated carbocycles. The minimum atomic E-state index is -3.45. The minimum absolute atomic E-state index is 0.202. The molecule has 1 aromatic carbocycles. The smallest absolute Gasteiger partial charge is 0.308 e. The molecule has 0 fully saturated rings. The summed E-state index contributed by atoms with van der Waals surface area (Å²) >= 11 is 0. The van der Waals surface area contributed by atoms with E-state index in [0.29, 0.717) is 13.2 Å². The fraction of sp³-hybridized carbons (Fsp3) is 0.714. The largest absolute Gasteiger partial charge is 0.350 e. The molecular formula is C21H38NO4P. The van der Waals surface area contributed by atoms with E-state index < -0.39 is 24.3 Å². The van der Waals surface area contributed by atoms with Gasteiger partial charge in [-0.2, -0.15) is 5.06 Å². The molecule has 0 radical (unpaired) electrons. The van der Waals surface area contributed by atoms with E-state index in [4.69, 9.17) is 13.9 Å². The molecule has 1 aromatic rings. The van der Waals surface area contributed by atoms with Gasteiger partial charge in [-0.1, -0.05) is 51.1 Å². The van der Waals surface area contributed by atoms with Gasteiger partial charge in [-0.3, -0.25) is 9.40 Å². The molecule has 0 aliphatic carbocycles. The van der Waals surface area contributed by atoms with Crippen LogP contribution in [0.15, 0.2) is 30.3 Å². The summed E-state index contributed by atoms with van der Waals surface area (Å²) in [6.45, 7) is 18.6. The number of hydrogen-bond acceptors (Lipinski definition) is 5. The van der Waals surface area contributed by atoms with Crippen molar-refractivity contribution in [1.29, 1.82) is 0 Å². The summed E-state index contributed by atoms with van der Waals surface area (Å²) in [5, 5.41) is 1.83. The van der Waals surface area contributed by atoms with Crippen molar-refractivity contribution >= 4 is 7.60 Å². The van der Waals surface area contributed by atoms with Gasteiger partial charge >= 0.3 is 7.60 Å². The van der Waals surface area contributed by atoms with Crippen LogP contribution in [0.2, 0.25) is 0 Å². The Labute approximate surface area is 165 Å². The van der Waals surface area contributed by atoms with E-state index in [0.717, 1.165) is 5.56 Å². The van der Waals surface area contributed by atoms with E-state index in [9.17, 15) is 4.57 Å². The van der Waals surface area contributed by atoms with Gasteiger partial charge in [-0.25, -0.2) is 0 Å². The van der Waals surface area contributed by atoms with Crippen molar-refractivity contribution in [3.8, 4) is 0 Å². The van der Waals surface area contributed by atoms with E-state index >= 15 is 0 Å². The van der Waals surface area contributed by atoms with Gasteiger partial charge in [0.25, 0.3) is 0 Å². The Hall–Kier alpha value is -0.710. The van der Waals surface area contributed by atoms with Crippen LogP contribution in [0.25, 0.3) is 0 Å². The Kier molecular flexibility index (Phi) is 8.71. The summed E-state index contributed by atoms with van der Waals surface area (Å²) in [4.78, 5) is 6.43. The third kappa shape index (κ3) is 6.69. The van der Waals surface area contributed by atoms with Crippen LogP contribution in [0.3, 0.4) is 0 Å². The van der Waals surface area contributed by atoms with Crippen LogP contribution >= 0.6 is 7.60 Å². The molecule has 0 saturated heterocycles. The molecule has 5 nitrogen and oxygen atoms in total. The molecule has 2 atom stereocenters. The molecule has 27 heavy (non-hydrogen) atoms. The van der Waals surface area contributed by atoms with Crippen LogP contribution in [0.1, 0.15) is 74.0 Å². The Balaban J connectivity index is 3.39. The molecule has 0 unspecified atom stereocenters. The predicted octanol–water partition coefficient (Wildman–Crippen LogP) is 6.42. The second-order valence-corrected chi connectivity index (χ2v) is 10.9. The monoisotopic (exact) mass is 399 g/mol. The summed E-state index contributed by atoms with van der Waals surface area (Å²) in [6, 6.07) is 10.0. The van der Waals surface area contributed by atoms with Crippen LogP contribution in [0.5, 0.6) is 0 Å². The van der Waals surface area contributed by atoms with Crippen LogP contribution in [-0.4, -0.2) is 29.6 Å². The van der Waals surface area contributed by atoms with Gasteiger partial charge in [-0.15, -0.1) is 0 Å². The third-order valence-electron chi connectivity index (χ3n) is 4.12. The van der Waals surface area contributed by atoms with Gasteiger partial charge in [-0.05, 0) is 52.5 Å². The van der Waals surface area contributed by atoms with Crippen molar-refractivity contribution in [2.24, 2.45) is 5.41 Å². The lowest BCUT2D eigenvalue weighted by Gasteiger charge is -2.48. The molecule has 156 valence electrons. The first-order valence-corrected chi connectivity index (χ1v) is 11.4. The molecular weight excluding hydrogens is 361 g/mol. The van der Waals surface area contributed by atoms with Gasteiger partial charge in [0.2, 0.25) is 0 Å². The second kappa shape index (κ2) is 9.67. The van der Waals surface area contributed by atoms with Crippen molar-refractivity contribution in [2.45, 2.75) is 79.7 Å². The average Bonchev–Trinajstić information content (AvgIpc) is 2.53. The Bertz CT molecular complexity index is 597. The topological polar surface area (TPSA) is 48.0 Å². The van der Waals surface area contributed by atoms with Gasteiger partial charge in [0.05, 0.1) is 13.2 Å². The highest BCUT2D eigenvalue weighted by Gasteiger charge is 2.51. The van der Waals surface area contributed by atoms with Crippen molar-refractivity contribution < 1.29 is 18.5 Å². The first-order valence-electron chi connectivity index (χ1n) is 9.76. The molecule has 0 amide bonds. The summed E-state index contributed by atoms with van der Waals surface area (Å²) in [7, 11) is -3.45. The zero-order chi connectivity index (χ0) is 20.9. The number of hydrogen-bond donors (Lipinski definition) is 0. The molecule has 0 heterocycles. The molecule has 0 aliphatic rings. The van der Waals surface area contributed by atoms with Gasteiger partial charge in [0.1, 0.15) is 11.9 Å². The fourth-order valence-electron chi connectivity index (χ4n) is 3.03. The maximum absolute atomic E-state index is 13.8. The maximum Gasteiger partial charge on any atom is 0.350 e. The van der Waals surface area contributed by atoms with Gasteiger partial charge in [0.15, 0.2) is 0 Å². The molecule has 1 rings (SSSR count). The predicted molar refractivity (Wildman–Crippen MR) is 112 cm³/mol. The molecule has 6 heteroatoms. The van der Waals surface area contributed by atoms with E-state index in [1.807, 2.05) is 97.7 Å². The van der Waals surface area contributed by atoms with Crippen molar-refractivity contribution in [3.63, 3.8) is 0 Å². The van der Waals surface area contributed by atoms with Crippen molar-refractivity contribution in [1.82, 2.24) is 5.06 Å². The fourth-order valence-corrected chi connectivity index (χ4v) is 5.71. The molecule has 0 aromatic heterocycles. The van der Waals surface area contributed by atoms with E-state index in [2.05, 4.69) is 0 Å². The first-order chi connectivity index (χ1) is 12.4. The minimum Gasteiger partial charge on any atom is -0.308 e. The number of rotatable bonds is 9. The van der Waals surface area contributed by atoms with Crippen LogP contribution in [0, 0.1) is 5.41 Å². The van der Waals surface area contributed by atoms with E-state index in [1.54, 1.807) is 0 Å². The highest BCUT2D eigenvalue weighted by atomic mass is 31.2. The van der Waals surface area contributed by atoms with Gasteiger partial charge in [0, 0.05) is 5.54 Å². The molecule has 0 aliphatic heterocycles. The maximum atomic E-state index is 13.8. The van der Waals surface area contributed by atoms with Crippen LogP contribution in [-0.2, 0) is 18.5 Å². The molecule has 0 bridgehead atoms. The quantitative estimate of drug-likeness (QED) is 0.354. The Morgan fingerprint density at radius 1 is 0.963 bits per heavy atom.